The van der Waals surface area contributed by atoms with Crippen LogP contribution in [0, 0.1) is 22.7 Å². The first-order valence-electron chi connectivity index (χ1n) is 8.88. The van der Waals surface area contributed by atoms with Gasteiger partial charge in [-0.15, -0.1) is 0 Å². The quantitative estimate of drug-likeness (QED) is 0.618. The number of cyclic esters (lactones) is 1. The van der Waals surface area contributed by atoms with Crippen LogP contribution < -0.4 is 0 Å². The van der Waals surface area contributed by atoms with Crippen LogP contribution in [0.3, 0.4) is 0 Å². The van der Waals surface area contributed by atoms with Crippen molar-refractivity contribution in [2.24, 2.45) is 22.7 Å². The molecular formula is C20H30O3. The normalized spacial score (nSPS) is 42.9. The molecule has 23 heavy (non-hydrogen) atoms. The number of carbonyl (C=O) groups is 1. The summed E-state index contributed by atoms with van der Waals surface area (Å²) in [5.74, 6) is 0.657. The minimum absolute atomic E-state index is 0.0335. The molecule has 3 heteroatoms. The third-order valence-electron chi connectivity index (χ3n) is 6.78. The van der Waals surface area contributed by atoms with E-state index in [4.69, 9.17) is 4.74 Å². The van der Waals surface area contributed by atoms with Crippen molar-refractivity contribution in [2.75, 3.05) is 0 Å². The molecule has 0 aromatic rings. The number of hydrogen-bond donors (Lipinski definition) is 1. The highest BCUT2D eigenvalue weighted by molar-refractivity contribution is 5.85. The fourth-order valence-corrected chi connectivity index (χ4v) is 5.87. The average molecular weight is 318 g/mol. The number of esters is 1. The fraction of sp³-hybridized carbons (Fsp3) is 0.750. The molecule has 1 heterocycles. The van der Waals surface area contributed by atoms with Crippen LogP contribution in [-0.2, 0) is 9.53 Å². The number of aliphatic hydroxyl groups excluding tert-OH is 1. The van der Waals surface area contributed by atoms with Gasteiger partial charge in [-0.25, -0.2) is 4.79 Å². The molecule has 2 fully saturated rings. The zero-order chi connectivity index (χ0) is 17.0. The Hall–Kier alpha value is -1.09. The minimum atomic E-state index is -0.248. The first-order chi connectivity index (χ1) is 10.6. The molecule has 0 amide bonds. The van der Waals surface area contributed by atoms with Gasteiger partial charge in [-0.2, -0.15) is 0 Å². The summed E-state index contributed by atoms with van der Waals surface area (Å²) in [4.78, 5) is 11.5. The van der Waals surface area contributed by atoms with Gasteiger partial charge in [0.15, 0.2) is 0 Å². The van der Waals surface area contributed by atoms with Crippen molar-refractivity contribution in [3.05, 3.63) is 23.8 Å². The Morgan fingerprint density at radius 3 is 2.65 bits per heavy atom. The van der Waals surface area contributed by atoms with Gasteiger partial charge in [0, 0.05) is 6.08 Å². The highest BCUT2D eigenvalue weighted by atomic mass is 16.5. The van der Waals surface area contributed by atoms with Gasteiger partial charge < -0.3 is 9.84 Å². The predicted octanol–water partition coefficient (Wildman–Crippen LogP) is 4.02. The van der Waals surface area contributed by atoms with Crippen molar-refractivity contribution < 1.29 is 14.6 Å². The maximum Gasteiger partial charge on any atom is 0.331 e. The lowest BCUT2D eigenvalue weighted by Crippen LogP contribution is -2.53. The summed E-state index contributed by atoms with van der Waals surface area (Å²) in [6.45, 7) is 13.2. The maximum atomic E-state index is 11.5. The van der Waals surface area contributed by atoms with Crippen molar-refractivity contribution in [3.8, 4) is 0 Å². The lowest BCUT2D eigenvalue weighted by molar-refractivity contribution is -0.142. The number of rotatable bonds is 2. The Balaban J connectivity index is 1.89. The number of fused-ring (bicyclic) bond motifs is 1. The van der Waals surface area contributed by atoms with Gasteiger partial charge in [0.2, 0.25) is 0 Å². The number of ether oxygens (including phenoxy) is 1. The van der Waals surface area contributed by atoms with Crippen molar-refractivity contribution >= 4 is 5.97 Å². The van der Waals surface area contributed by atoms with E-state index in [1.165, 1.54) is 5.57 Å². The lowest BCUT2D eigenvalue weighted by atomic mass is 9.46. The van der Waals surface area contributed by atoms with Crippen LogP contribution in [0.1, 0.15) is 59.8 Å². The number of aliphatic hydroxyl groups is 1. The first-order valence-corrected chi connectivity index (χ1v) is 8.88. The van der Waals surface area contributed by atoms with Gasteiger partial charge in [0.25, 0.3) is 0 Å². The summed E-state index contributed by atoms with van der Waals surface area (Å²) in [6, 6.07) is 0. The fourth-order valence-electron chi connectivity index (χ4n) is 5.87. The van der Waals surface area contributed by atoms with Gasteiger partial charge in [-0.1, -0.05) is 32.9 Å². The number of hydrogen-bond acceptors (Lipinski definition) is 3. The Morgan fingerprint density at radius 1 is 1.35 bits per heavy atom. The second-order valence-corrected chi connectivity index (χ2v) is 8.91. The van der Waals surface area contributed by atoms with Crippen molar-refractivity contribution in [3.63, 3.8) is 0 Å². The van der Waals surface area contributed by atoms with Gasteiger partial charge in [-0.3, -0.25) is 0 Å². The van der Waals surface area contributed by atoms with Crippen LogP contribution in [0.4, 0.5) is 0 Å². The molecule has 0 aromatic heterocycles. The van der Waals surface area contributed by atoms with Gasteiger partial charge in [0.05, 0.1) is 6.10 Å². The van der Waals surface area contributed by atoms with E-state index in [1.54, 1.807) is 6.08 Å². The summed E-state index contributed by atoms with van der Waals surface area (Å²) in [5, 5.41) is 10.5. The highest BCUT2D eigenvalue weighted by Crippen LogP contribution is 2.62. The third-order valence-corrected chi connectivity index (χ3v) is 6.78. The number of carbonyl (C=O) groups excluding carboxylic acids is 1. The lowest BCUT2D eigenvalue weighted by Gasteiger charge is -2.59. The summed E-state index contributed by atoms with van der Waals surface area (Å²) >= 11 is 0. The highest BCUT2D eigenvalue weighted by Gasteiger charge is 2.55. The molecule has 1 N–H and O–H groups in total. The van der Waals surface area contributed by atoms with Crippen molar-refractivity contribution in [1.29, 1.82) is 0 Å². The van der Waals surface area contributed by atoms with Gasteiger partial charge >= 0.3 is 5.97 Å². The monoisotopic (exact) mass is 318 g/mol. The number of allylic oxidation sites excluding steroid dienone is 1. The molecule has 0 spiro atoms. The maximum absolute atomic E-state index is 11.5. The largest absolute Gasteiger partial charge is 0.455 e. The molecular weight excluding hydrogens is 288 g/mol. The molecule has 3 rings (SSSR count). The topological polar surface area (TPSA) is 46.5 Å². The molecule has 0 radical (unpaired) electrons. The van der Waals surface area contributed by atoms with Gasteiger partial charge in [-0.05, 0) is 67.3 Å². The van der Waals surface area contributed by atoms with Crippen LogP contribution in [-0.4, -0.2) is 23.3 Å². The SMILES string of the molecule is C=C1CCC2C(C)(C)C[C@H](O)C[C@]2(C)[C@H]1C[C@H]1OC(=O)C=C1C. The van der Waals surface area contributed by atoms with Crippen LogP contribution in [0.25, 0.3) is 0 Å². The standard InChI is InChI=1S/C20H30O3/c1-12-6-7-17-19(3,4)10-14(21)11-20(17,5)15(12)9-16-13(2)8-18(22)23-16/h8,14-17,21H,1,6-7,9-11H2,2-5H3/t14-,15-,16+,17?,20+/m0/s1. The molecule has 0 saturated heterocycles. The van der Waals surface area contributed by atoms with E-state index in [1.807, 2.05) is 6.92 Å². The zero-order valence-corrected chi connectivity index (χ0v) is 14.9. The average Bonchev–Trinajstić information content (AvgIpc) is 2.70. The van der Waals surface area contributed by atoms with Gasteiger partial charge in [0.1, 0.15) is 6.10 Å². The molecule has 0 aromatic carbocycles. The summed E-state index contributed by atoms with van der Waals surface area (Å²) in [5.41, 5.74) is 2.46. The third kappa shape index (κ3) is 2.77. The summed E-state index contributed by atoms with van der Waals surface area (Å²) < 4.78 is 5.49. The molecule has 1 unspecified atom stereocenters. The second-order valence-electron chi connectivity index (χ2n) is 8.91. The predicted molar refractivity (Wildman–Crippen MR) is 90.7 cm³/mol. The van der Waals surface area contributed by atoms with Crippen LogP contribution in [0.15, 0.2) is 23.8 Å². The first kappa shape index (κ1) is 16.8. The van der Waals surface area contributed by atoms with Crippen LogP contribution in [0.2, 0.25) is 0 Å². The molecule has 2 aliphatic carbocycles. The Labute approximate surface area is 139 Å². The zero-order valence-electron chi connectivity index (χ0n) is 14.9. The van der Waals surface area contributed by atoms with E-state index in [9.17, 15) is 9.90 Å². The minimum Gasteiger partial charge on any atom is -0.455 e. The Bertz CT molecular complexity index is 559. The second kappa shape index (κ2) is 5.47. The van der Waals surface area contributed by atoms with E-state index in [0.29, 0.717) is 11.8 Å². The van der Waals surface area contributed by atoms with Crippen LogP contribution in [0.5, 0.6) is 0 Å². The van der Waals surface area contributed by atoms with E-state index in [-0.39, 0.29) is 29.0 Å². The van der Waals surface area contributed by atoms with Crippen molar-refractivity contribution in [1.82, 2.24) is 0 Å². The van der Waals surface area contributed by atoms with E-state index in [0.717, 1.165) is 37.7 Å². The summed E-state index contributed by atoms with van der Waals surface area (Å²) in [7, 11) is 0. The van der Waals surface area contributed by atoms with Crippen molar-refractivity contribution in [2.45, 2.75) is 72.0 Å². The smallest absolute Gasteiger partial charge is 0.331 e. The van der Waals surface area contributed by atoms with Crippen LogP contribution >= 0.6 is 0 Å². The Morgan fingerprint density at radius 2 is 2.04 bits per heavy atom. The summed E-state index contributed by atoms with van der Waals surface area (Å²) in [6.07, 6.45) is 5.96. The molecule has 5 atom stereocenters. The van der Waals surface area contributed by atoms with E-state index in [2.05, 4.69) is 27.4 Å². The molecule has 2 saturated carbocycles. The Kier molecular flexibility index (Phi) is 3.99. The molecule has 3 nitrogen and oxygen atoms in total. The molecule has 128 valence electrons. The molecule has 1 aliphatic heterocycles. The van der Waals surface area contributed by atoms with E-state index >= 15 is 0 Å². The van der Waals surface area contributed by atoms with E-state index < -0.39 is 0 Å². The molecule has 3 aliphatic rings. The molecule has 0 bridgehead atoms.